The molecule has 0 radical (unpaired) electrons. The second kappa shape index (κ2) is 16.8. The van der Waals surface area contributed by atoms with E-state index in [0.29, 0.717) is 50.2 Å². The number of fused-ring (bicyclic) bond motifs is 2. The molecule has 0 spiro atoms. The highest BCUT2D eigenvalue weighted by molar-refractivity contribution is 6.34. The lowest BCUT2D eigenvalue weighted by atomic mass is 9.77. The predicted octanol–water partition coefficient (Wildman–Crippen LogP) is 6.27. The third-order valence-electron chi connectivity index (χ3n) is 12.4. The molecule has 61 heavy (non-hydrogen) atoms. The lowest BCUT2D eigenvalue weighted by Gasteiger charge is -2.38. The smallest absolute Gasteiger partial charge is 0.249 e. The molecule has 5 aromatic rings. The van der Waals surface area contributed by atoms with Crippen LogP contribution in [0, 0.1) is 11.6 Å². The second-order valence-electron chi connectivity index (χ2n) is 15.8. The first-order valence-corrected chi connectivity index (χ1v) is 20.7. The summed E-state index contributed by atoms with van der Waals surface area (Å²) in [6.45, 7) is 3.64. The maximum atomic E-state index is 16.2. The summed E-state index contributed by atoms with van der Waals surface area (Å²) >= 11 is 6.66. The number of nitrogens with zero attached hydrogens (tertiary/aromatic N) is 3. The largest absolute Gasteiger partial charge is 0.494 e. The van der Waals surface area contributed by atoms with Gasteiger partial charge in [-0.15, -0.1) is 0 Å². The summed E-state index contributed by atoms with van der Waals surface area (Å²) in [6.07, 6.45) is 2.26. The highest BCUT2D eigenvalue weighted by Crippen LogP contribution is 2.56. The van der Waals surface area contributed by atoms with Crippen molar-refractivity contribution in [3.63, 3.8) is 0 Å². The van der Waals surface area contributed by atoms with E-state index in [1.807, 2.05) is 67.4 Å². The molecule has 5 N–H and O–H groups in total. The van der Waals surface area contributed by atoms with Crippen LogP contribution >= 0.6 is 11.6 Å². The lowest BCUT2D eigenvalue weighted by molar-refractivity contribution is -0.134. The summed E-state index contributed by atoms with van der Waals surface area (Å²) < 4.78 is 45.6. The second-order valence-corrected chi connectivity index (χ2v) is 16.2. The van der Waals surface area contributed by atoms with E-state index in [0.717, 1.165) is 22.2 Å². The molecule has 3 aliphatic rings. The molecule has 4 aromatic carbocycles. The molecular weight excluding hydrogens is 808 g/mol. The molecule has 16 heteroatoms. The van der Waals surface area contributed by atoms with Crippen LogP contribution < -0.4 is 31.2 Å². The number of primary amides is 1. The van der Waals surface area contributed by atoms with Crippen LogP contribution in [0.15, 0.2) is 66.7 Å². The first-order chi connectivity index (χ1) is 29.3. The van der Waals surface area contributed by atoms with Crippen LogP contribution in [-0.4, -0.2) is 77.6 Å². The minimum absolute atomic E-state index is 0.0142. The number of methoxy groups -OCH3 is 1. The van der Waals surface area contributed by atoms with Crippen molar-refractivity contribution in [1.29, 1.82) is 0 Å². The number of hydrogen-bond acceptors (Lipinski definition) is 9. The third kappa shape index (κ3) is 7.54. The fourth-order valence-electron chi connectivity index (χ4n) is 9.19. The molecule has 3 aliphatic heterocycles. The number of imide groups is 1. The number of aromatic nitrogens is 2. The monoisotopic (exact) mass is 853 g/mol. The van der Waals surface area contributed by atoms with Crippen molar-refractivity contribution in [2.45, 2.75) is 62.5 Å². The molecule has 1 unspecified atom stereocenters. The molecule has 8 rings (SSSR count). The Bertz CT molecular complexity index is 2560. The molecule has 4 heterocycles. The van der Waals surface area contributed by atoms with Crippen molar-refractivity contribution in [3.05, 3.63) is 106 Å². The van der Waals surface area contributed by atoms with Crippen molar-refractivity contribution in [1.82, 2.24) is 25.3 Å². The van der Waals surface area contributed by atoms with Gasteiger partial charge in [0.05, 0.1) is 40.5 Å². The van der Waals surface area contributed by atoms with Crippen molar-refractivity contribution in [2.24, 2.45) is 12.8 Å². The fourth-order valence-corrected chi connectivity index (χ4v) is 9.44. The Hall–Kier alpha value is -6.06. The van der Waals surface area contributed by atoms with Crippen molar-refractivity contribution < 1.29 is 37.4 Å². The van der Waals surface area contributed by atoms with Gasteiger partial charge in [-0.05, 0) is 43.0 Å². The van der Waals surface area contributed by atoms with E-state index in [-0.39, 0.29) is 76.4 Å². The van der Waals surface area contributed by atoms with E-state index in [1.54, 1.807) is 4.68 Å². The highest BCUT2D eigenvalue weighted by Gasteiger charge is 2.50. The number of para-hydroxylation sites is 1. The molecule has 0 saturated carbocycles. The van der Waals surface area contributed by atoms with E-state index in [4.69, 9.17) is 26.8 Å². The Balaban J connectivity index is 0.948. The number of rotatable bonds is 12. The Morgan fingerprint density at radius 3 is 2.51 bits per heavy atom. The third-order valence-corrected chi connectivity index (χ3v) is 12.7. The zero-order valence-electron chi connectivity index (χ0n) is 33.9. The fraction of sp³-hybridized carbons (Fsp3) is 0.356. The maximum Gasteiger partial charge on any atom is 0.249 e. The number of carbonyl (C=O) groups is 4. The number of ether oxygens (including phenoxy) is 2. The zero-order valence-corrected chi connectivity index (χ0v) is 34.7. The number of likely N-dealkylation sites (tertiary alicyclic amines) is 1. The van der Waals surface area contributed by atoms with E-state index >= 15 is 8.78 Å². The maximum absolute atomic E-state index is 16.2. The molecule has 4 amide bonds. The Kier molecular flexibility index (Phi) is 11.5. The molecule has 3 atom stereocenters. The van der Waals surface area contributed by atoms with Crippen LogP contribution in [0.2, 0.25) is 5.02 Å². The summed E-state index contributed by atoms with van der Waals surface area (Å²) in [7, 11) is 3.10. The van der Waals surface area contributed by atoms with E-state index < -0.39 is 35.0 Å². The van der Waals surface area contributed by atoms with Crippen LogP contribution in [0.4, 0.5) is 14.5 Å². The first-order valence-electron chi connectivity index (χ1n) is 20.3. The number of piperidine rings is 2. The number of carbonyl (C=O) groups excluding carboxylic acids is 4. The van der Waals surface area contributed by atoms with Gasteiger partial charge in [0.15, 0.2) is 17.2 Å². The van der Waals surface area contributed by atoms with E-state index in [1.165, 1.54) is 25.3 Å². The van der Waals surface area contributed by atoms with Crippen molar-refractivity contribution in [2.75, 3.05) is 38.6 Å². The summed E-state index contributed by atoms with van der Waals surface area (Å²) in [5.41, 5.74) is 7.58. The van der Waals surface area contributed by atoms with Gasteiger partial charge < -0.3 is 30.7 Å². The summed E-state index contributed by atoms with van der Waals surface area (Å²) in [5, 5.41) is 14.6. The van der Waals surface area contributed by atoms with Crippen LogP contribution in [0.1, 0.15) is 78.0 Å². The van der Waals surface area contributed by atoms with Gasteiger partial charge in [-0.1, -0.05) is 61.0 Å². The normalized spacial score (nSPS) is 20.3. The molecule has 318 valence electrons. The Morgan fingerprint density at radius 1 is 1.05 bits per heavy atom. The summed E-state index contributed by atoms with van der Waals surface area (Å²) in [6, 6.07) is 19.0. The van der Waals surface area contributed by atoms with Gasteiger partial charge in [0, 0.05) is 86.2 Å². The molecule has 2 fully saturated rings. The van der Waals surface area contributed by atoms with E-state index in [9.17, 15) is 19.2 Å². The van der Waals surface area contributed by atoms with E-state index in [2.05, 4.69) is 21.0 Å². The molecule has 1 aromatic heterocycles. The van der Waals surface area contributed by atoms with Gasteiger partial charge in [-0.3, -0.25) is 29.2 Å². The number of hydrogen-bond donors (Lipinski definition) is 4. The number of nitrogens with two attached hydrogens (primary N) is 1. The molecule has 0 bridgehead atoms. The van der Waals surface area contributed by atoms with Gasteiger partial charge in [-0.25, -0.2) is 8.78 Å². The highest BCUT2D eigenvalue weighted by atomic mass is 35.5. The van der Waals surface area contributed by atoms with Crippen LogP contribution in [0.5, 0.6) is 11.5 Å². The van der Waals surface area contributed by atoms with Gasteiger partial charge in [0.2, 0.25) is 23.6 Å². The zero-order chi connectivity index (χ0) is 43.2. The Labute approximate surface area is 355 Å². The number of aryl methyl sites for hydroxylation is 1. The molecule has 2 saturated heterocycles. The van der Waals surface area contributed by atoms with Gasteiger partial charge >= 0.3 is 0 Å². The molecule has 0 aliphatic carbocycles. The predicted molar refractivity (Wildman–Crippen MR) is 226 cm³/mol. The SMILES string of the molecule is COc1ccc(C(N)=O)c(-c2c(Cl)c(F)cc3c2[C@H](C)[C@@](CNC2CCN(C(=O)CCNc4cccc5c(C6CCC(=O)NC6=O)nn(C)c45)CC2)(c2ccccc2)O3)c1F. The van der Waals surface area contributed by atoms with Gasteiger partial charge in [0.25, 0.3) is 0 Å². The van der Waals surface area contributed by atoms with Crippen molar-refractivity contribution >= 4 is 51.8 Å². The topological polar surface area (TPSA) is 170 Å². The van der Waals surface area contributed by atoms with Crippen LogP contribution in [0.3, 0.4) is 0 Å². The molecule has 13 nitrogen and oxygen atoms in total. The Morgan fingerprint density at radius 2 is 1.80 bits per heavy atom. The van der Waals surface area contributed by atoms with Crippen LogP contribution in [0.25, 0.3) is 22.0 Å². The number of nitrogens with one attached hydrogen (secondary N) is 3. The first kappa shape index (κ1) is 41.7. The standard InChI is InChI=1S/C45H46ClF2N7O6/c1-24-36-33(22-30(47)39(46)38(36)37-27(43(49)58)12-14-32(60-3)40(37)48)61-45(24,25-8-5-4-6-9-25)23-51-26-17-20-55(21-18-26)35(57)16-19-50-31-11-7-10-28-41(53-54(2)42(28)31)29-13-15-34(56)52-44(29)59/h4-12,14,22,24,26,29,50-51H,13,15-21,23H2,1-3H3,(H2,49,58)(H,52,56,59)/t24-,29?,45-/m0/s1. The van der Waals surface area contributed by atoms with Gasteiger partial charge in [-0.2, -0.15) is 5.10 Å². The number of halogens is 3. The van der Waals surface area contributed by atoms with Crippen LogP contribution in [-0.2, 0) is 27.0 Å². The van der Waals surface area contributed by atoms with Gasteiger partial charge in [0.1, 0.15) is 11.6 Å². The number of amides is 4. The molecular formula is C45H46ClF2N7O6. The number of anilines is 1. The quantitative estimate of drug-likeness (QED) is 0.106. The average molecular weight is 854 g/mol. The summed E-state index contributed by atoms with van der Waals surface area (Å²) in [4.78, 5) is 52.3. The average Bonchev–Trinajstić information content (AvgIpc) is 3.74. The van der Waals surface area contributed by atoms with Crippen molar-refractivity contribution in [3.8, 4) is 22.6 Å². The minimum Gasteiger partial charge on any atom is -0.494 e. The minimum atomic E-state index is -1.10. The lowest BCUT2D eigenvalue weighted by Crippen LogP contribution is -2.51. The summed E-state index contributed by atoms with van der Waals surface area (Å²) in [5.74, 6) is -4.33. The number of benzene rings is 4.